The Morgan fingerprint density at radius 1 is 1.40 bits per heavy atom. The fourth-order valence-electron chi connectivity index (χ4n) is 1.51. The van der Waals surface area contributed by atoms with Crippen LogP contribution in [0.15, 0.2) is 29.9 Å². The second-order valence-electron chi connectivity index (χ2n) is 4.06. The van der Waals surface area contributed by atoms with Crippen LogP contribution in [0.3, 0.4) is 0 Å². The zero-order chi connectivity index (χ0) is 14.4. The lowest BCUT2D eigenvalue weighted by molar-refractivity contribution is -0.119. The van der Waals surface area contributed by atoms with E-state index in [1.807, 2.05) is 17.5 Å². The van der Waals surface area contributed by atoms with Gasteiger partial charge in [-0.05, 0) is 12.1 Å². The molecule has 0 saturated carbocycles. The molecule has 2 heterocycles. The molecule has 2 aromatic heterocycles. The first-order valence-corrected chi connectivity index (χ1v) is 6.93. The molecule has 0 aliphatic rings. The summed E-state index contributed by atoms with van der Waals surface area (Å²) in [5, 5.41) is 7.67. The van der Waals surface area contributed by atoms with Gasteiger partial charge in [-0.3, -0.25) is 14.6 Å². The van der Waals surface area contributed by atoms with Gasteiger partial charge in [-0.25, -0.2) is 4.98 Å². The van der Waals surface area contributed by atoms with Crippen LogP contribution >= 0.6 is 11.3 Å². The molecule has 0 aliphatic carbocycles. The summed E-state index contributed by atoms with van der Waals surface area (Å²) < 4.78 is 0. The molecule has 0 atom stereocenters. The van der Waals surface area contributed by atoms with Gasteiger partial charge in [0.1, 0.15) is 0 Å². The Morgan fingerprint density at radius 3 is 2.95 bits per heavy atom. The number of nitrogens with one attached hydrogen (secondary N) is 2. The third-order valence-electron chi connectivity index (χ3n) is 2.43. The van der Waals surface area contributed by atoms with E-state index in [0.29, 0.717) is 11.7 Å². The van der Waals surface area contributed by atoms with Gasteiger partial charge in [-0.15, -0.1) is 11.3 Å². The number of nitrogens with zero attached hydrogens (tertiary/aromatic N) is 2. The molecule has 2 N–H and O–H groups in total. The molecule has 2 rings (SSSR count). The molecule has 0 fully saturated rings. The molecule has 0 aliphatic heterocycles. The Kier molecular flexibility index (Phi) is 4.78. The number of hydrogen-bond donors (Lipinski definition) is 2. The van der Waals surface area contributed by atoms with E-state index < -0.39 is 0 Å². The molecule has 2 aromatic rings. The number of carbonyl (C=O) groups excluding carboxylic acids is 2. The van der Waals surface area contributed by atoms with Gasteiger partial charge in [0.2, 0.25) is 11.8 Å². The number of thiazole rings is 1. The van der Waals surface area contributed by atoms with Gasteiger partial charge in [0, 0.05) is 43.2 Å². The second kappa shape index (κ2) is 6.76. The number of aromatic nitrogens is 2. The maximum absolute atomic E-state index is 11.6. The monoisotopic (exact) mass is 290 g/mol. The fraction of sp³-hybridized carbons (Fsp3) is 0.231. The maximum Gasteiger partial charge on any atom is 0.227 e. The molecule has 0 spiro atoms. The highest BCUT2D eigenvalue weighted by Gasteiger charge is 2.08. The van der Waals surface area contributed by atoms with Gasteiger partial charge in [0.25, 0.3) is 0 Å². The molecular formula is C13H14N4O2S. The SMILES string of the molecule is CC(=O)NCCC(=O)Nc1nc(-c2cccnc2)cs1. The molecule has 20 heavy (non-hydrogen) atoms. The smallest absolute Gasteiger partial charge is 0.227 e. The van der Waals surface area contributed by atoms with Crippen LogP contribution in [0.4, 0.5) is 5.13 Å². The maximum atomic E-state index is 11.6. The average molecular weight is 290 g/mol. The summed E-state index contributed by atoms with van der Waals surface area (Å²) in [5.41, 5.74) is 1.68. The Bertz CT molecular complexity index is 597. The molecule has 7 heteroatoms. The van der Waals surface area contributed by atoms with Crippen molar-refractivity contribution < 1.29 is 9.59 Å². The summed E-state index contributed by atoms with van der Waals surface area (Å²) in [4.78, 5) is 30.7. The quantitative estimate of drug-likeness (QED) is 0.877. The molecule has 0 bridgehead atoms. The molecule has 0 saturated heterocycles. The molecule has 6 nitrogen and oxygen atoms in total. The van der Waals surface area contributed by atoms with E-state index in [1.165, 1.54) is 18.3 Å². The summed E-state index contributed by atoms with van der Waals surface area (Å²) in [6.07, 6.45) is 3.64. The number of amides is 2. The number of anilines is 1. The van der Waals surface area contributed by atoms with Gasteiger partial charge < -0.3 is 10.6 Å². The Labute approximate surface area is 120 Å². The van der Waals surface area contributed by atoms with Crippen LogP contribution in [0.1, 0.15) is 13.3 Å². The molecule has 0 radical (unpaired) electrons. The molecule has 104 valence electrons. The van der Waals surface area contributed by atoms with Crippen molar-refractivity contribution in [3.63, 3.8) is 0 Å². The van der Waals surface area contributed by atoms with Crippen molar-refractivity contribution in [2.45, 2.75) is 13.3 Å². The van der Waals surface area contributed by atoms with Crippen LogP contribution < -0.4 is 10.6 Å². The topological polar surface area (TPSA) is 84.0 Å². The third kappa shape index (κ3) is 4.13. The standard InChI is InChI=1S/C13H14N4O2S/c1-9(18)15-6-4-12(19)17-13-16-11(8-20-13)10-3-2-5-14-7-10/h2-3,5,7-8H,4,6H2,1H3,(H,15,18)(H,16,17,19). The zero-order valence-electron chi connectivity index (χ0n) is 10.9. The van der Waals surface area contributed by atoms with Crippen molar-refractivity contribution >= 4 is 28.3 Å². The van der Waals surface area contributed by atoms with Gasteiger partial charge >= 0.3 is 0 Å². The molecular weight excluding hydrogens is 276 g/mol. The van der Waals surface area contributed by atoms with Crippen LogP contribution in [0.5, 0.6) is 0 Å². The summed E-state index contributed by atoms with van der Waals surface area (Å²) in [5.74, 6) is -0.322. The Balaban J connectivity index is 1.90. The lowest BCUT2D eigenvalue weighted by Crippen LogP contribution is -2.25. The van der Waals surface area contributed by atoms with Crippen molar-refractivity contribution in [3.05, 3.63) is 29.9 Å². The summed E-state index contributed by atoms with van der Waals surface area (Å²) in [6.45, 7) is 1.74. The molecule has 2 amide bonds. The number of pyridine rings is 1. The largest absolute Gasteiger partial charge is 0.356 e. The first-order valence-electron chi connectivity index (χ1n) is 6.05. The van der Waals surface area contributed by atoms with Gasteiger partial charge in [0.05, 0.1) is 5.69 Å². The number of rotatable bonds is 5. The summed E-state index contributed by atoms with van der Waals surface area (Å²) in [6, 6.07) is 3.74. The molecule has 0 aromatic carbocycles. The summed E-state index contributed by atoms with van der Waals surface area (Å²) in [7, 11) is 0. The lowest BCUT2D eigenvalue weighted by atomic mass is 10.2. The highest BCUT2D eigenvalue weighted by Crippen LogP contribution is 2.23. The Hall–Kier alpha value is -2.28. The van der Waals surface area contributed by atoms with Crippen LogP contribution in [0, 0.1) is 0 Å². The van der Waals surface area contributed by atoms with Crippen LogP contribution in [0.2, 0.25) is 0 Å². The van der Waals surface area contributed by atoms with Crippen molar-refractivity contribution in [1.29, 1.82) is 0 Å². The lowest BCUT2D eigenvalue weighted by Gasteiger charge is -2.02. The van der Waals surface area contributed by atoms with E-state index >= 15 is 0 Å². The third-order valence-corrected chi connectivity index (χ3v) is 3.19. The fourth-order valence-corrected chi connectivity index (χ4v) is 2.25. The van der Waals surface area contributed by atoms with E-state index in [9.17, 15) is 9.59 Å². The van der Waals surface area contributed by atoms with Crippen molar-refractivity contribution in [3.8, 4) is 11.3 Å². The first-order chi connectivity index (χ1) is 9.65. The van der Waals surface area contributed by atoms with E-state index in [2.05, 4.69) is 20.6 Å². The van der Waals surface area contributed by atoms with Gasteiger partial charge in [-0.1, -0.05) is 0 Å². The number of carbonyl (C=O) groups is 2. The van der Waals surface area contributed by atoms with E-state index in [-0.39, 0.29) is 18.2 Å². The van der Waals surface area contributed by atoms with Crippen LogP contribution in [0.25, 0.3) is 11.3 Å². The van der Waals surface area contributed by atoms with E-state index in [4.69, 9.17) is 0 Å². The number of hydrogen-bond acceptors (Lipinski definition) is 5. The van der Waals surface area contributed by atoms with Crippen LogP contribution in [-0.4, -0.2) is 28.3 Å². The summed E-state index contributed by atoms with van der Waals surface area (Å²) >= 11 is 1.35. The normalized spacial score (nSPS) is 10.1. The zero-order valence-corrected chi connectivity index (χ0v) is 11.7. The predicted molar refractivity (Wildman–Crippen MR) is 77.3 cm³/mol. The highest BCUT2D eigenvalue weighted by atomic mass is 32.1. The van der Waals surface area contributed by atoms with Crippen molar-refractivity contribution in [2.24, 2.45) is 0 Å². The average Bonchev–Trinajstić information content (AvgIpc) is 2.88. The van der Waals surface area contributed by atoms with E-state index in [1.54, 1.807) is 12.4 Å². The van der Waals surface area contributed by atoms with Gasteiger partial charge in [-0.2, -0.15) is 0 Å². The van der Waals surface area contributed by atoms with Gasteiger partial charge in [0.15, 0.2) is 5.13 Å². The minimum atomic E-state index is -0.175. The predicted octanol–water partition coefficient (Wildman–Crippen LogP) is 1.67. The van der Waals surface area contributed by atoms with Crippen LogP contribution in [-0.2, 0) is 9.59 Å². The Morgan fingerprint density at radius 2 is 2.25 bits per heavy atom. The van der Waals surface area contributed by atoms with Crippen molar-refractivity contribution in [1.82, 2.24) is 15.3 Å². The second-order valence-corrected chi connectivity index (χ2v) is 4.92. The highest BCUT2D eigenvalue weighted by molar-refractivity contribution is 7.14. The molecule has 0 unspecified atom stereocenters. The van der Waals surface area contributed by atoms with Crippen molar-refractivity contribution in [2.75, 3.05) is 11.9 Å². The first kappa shape index (κ1) is 14.1. The minimum absolute atomic E-state index is 0.147. The minimum Gasteiger partial charge on any atom is -0.356 e. The van der Waals surface area contributed by atoms with E-state index in [0.717, 1.165) is 11.3 Å².